The zero-order valence-electron chi connectivity index (χ0n) is 23.1. The zero-order chi connectivity index (χ0) is 26.0. The number of benzene rings is 1. The fourth-order valence-corrected chi connectivity index (χ4v) is 5.39. The Morgan fingerprint density at radius 1 is 1.19 bits per heavy atom. The largest absolute Gasteiger partial charge is 0.354 e. The molecule has 5 nitrogen and oxygen atoms in total. The topological polar surface area (TPSA) is 60.8 Å². The van der Waals surface area contributed by atoms with E-state index in [-0.39, 0.29) is 5.41 Å². The molecule has 0 spiro atoms. The van der Waals surface area contributed by atoms with Crippen molar-refractivity contribution in [3.8, 4) is 0 Å². The number of H-pyrrole nitrogens is 1. The van der Waals surface area contributed by atoms with Crippen LogP contribution in [0.1, 0.15) is 95.9 Å². The van der Waals surface area contributed by atoms with Crippen LogP contribution >= 0.6 is 0 Å². The van der Waals surface area contributed by atoms with Crippen molar-refractivity contribution in [2.24, 2.45) is 15.4 Å². The fraction of sp³-hybridized carbons (Fsp3) is 0.516. The Balaban J connectivity index is 1.62. The summed E-state index contributed by atoms with van der Waals surface area (Å²) in [7, 11) is 1.73. The second-order valence-corrected chi connectivity index (χ2v) is 11.2. The Morgan fingerprint density at radius 3 is 2.47 bits per heavy atom. The van der Waals surface area contributed by atoms with Crippen LogP contribution in [0.25, 0.3) is 16.5 Å². The van der Waals surface area contributed by atoms with Crippen LogP contribution in [0.15, 0.2) is 45.9 Å². The maximum Gasteiger partial charge on any atom is 0.228 e. The number of nitrogens with one attached hydrogen (secondary N) is 1. The van der Waals surface area contributed by atoms with Gasteiger partial charge in [-0.15, -0.1) is 0 Å². The summed E-state index contributed by atoms with van der Waals surface area (Å²) < 4.78 is 0. The minimum absolute atomic E-state index is 0.0648. The smallest absolute Gasteiger partial charge is 0.228 e. The molecule has 2 heterocycles. The first kappa shape index (κ1) is 26.1. The quantitative estimate of drug-likeness (QED) is 0.250. The summed E-state index contributed by atoms with van der Waals surface area (Å²) >= 11 is 0. The fourth-order valence-electron chi connectivity index (χ4n) is 5.39. The van der Waals surface area contributed by atoms with Crippen molar-refractivity contribution in [3.63, 3.8) is 0 Å². The second-order valence-electron chi connectivity index (χ2n) is 11.2. The van der Waals surface area contributed by atoms with Gasteiger partial charge in [0, 0.05) is 47.9 Å². The first-order valence-corrected chi connectivity index (χ1v) is 13.4. The number of aliphatic imine (C=N–C) groups is 2. The number of fused-ring (bicyclic) bond motifs is 1. The summed E-state index contributed by atoms with van der Waals surface area (Å²) in [6, 6.07) is 6.94. The summed E-state index contributed by atoms with van der Waals surface area (Å²) in [6.07, 6.45) is 10.2. The molecule has 2 fully saturated rings. The van der Waals surface area contributed by atoms with E-state index in [0.717, 1.165) is 50.1 Å². The Bertz CT molecular complexity index is 1240. The van der Waals surface area contributed by atoms with Gasteiger partial charge in [0.1, 0.15) is 6.34 Å². The maximum atomic E-state index is 12.8. The molecular formula is C31H42N4O. The van der Waals surface area contributed by atoms with Gasteiger partial charge in [0.25, 0.3) is 0 Å². The number of carbonyl (C=O) groups is 1. The monoisotopic (exact) mass is 486 g/mol. The third-order valence-corrected chi connectivity index (χ3v) is 8.12. The highest BCUT2D eigenvalue weighted by Crippen LogP contribution is 2.47. The molecule has 2 aromatic rings. The molecule has 0 atom stereocenters. The van der Waals surface area contributed by atoms with E-state index in [9.17, 15) is 4.79 Å². The van der Waals surface area contributed by atoms with E-state index in [2.05, 4.69) is 84.8 Å². The van der Waals surface area contributed by atoms with Crippen molar-refractivity contribution >= 4 is 34.4 Å². The number of piperidine rings is 1. The number of amides is 1. The summed E-state index contributed by atoms with van der Waals surface area (Å²) in [5, 5.41) is 1.32. The van der Waals surface area contributed by atoms with Gasteiger partial charge in [0.15, 0.2) is 0 Å². The number of hydrogen-bond acceptors (Lipinski definition) is 2. The molecule has 0 bridgehead atoms. The molecule has 1 aliphatic carbocycles. The Labute approximate surface area is 216 Å². The molecule has 1 N–H and O–H groups in total. The van der Waals surface area contributed by atoms with Crippen LogP contribution in [0.3, 0.4) is 0 Å². The molecule has 36 heavy (non-hydrogen) atoms. The summed E-state index contributed by atoms with van der Waals surface area (Å²) in [5.74, 6) is 1.26. The number of rotatable bonds is 7. The van der Waals surface area contributed by atoms with Crippen LogP contribution < -0.4 is 0 Å². The van der Waals surface area contributed by atoms with Crippen LogP contribution in [0.4, 0.5) is 0 Å². The van der Waals surface area contributed by atoms with Gasteiger partial charge in [-0.05, 0) is 98.8 Å². The molecule has 4 rings (SSSR count). The van der Waals surface area contributed by atoms with Gasteiger partial charge < -0.3 is 9.88 Å². The molecular weight excluding hydrogens is 444 g/mol. The first-order valence-electron chi connectivity index (χ1n) is 13.4. The molecule has 0 unspecified atom stereocenters. The molecule has 5 heteroatoms. The summed E-state index contributed by atoms with van der Waals surface area (Å²) in [6.45, 7) is 14.6. The molecule has 1 saturated heterocycles. The Kier molecular flexibility index (Phi) is 7.67. The molecule has 1 aromatic carbocycles. The normalized spacial score (nSPS) is 19.7. The molecule has 1 saturated carbocycles. The average Bonchev–Trinajstić information content (AvgIpc) is 3.51. The van der Waals surface area contributed by atoms with Gasteiger partial charge in [-0.2, -0.15) is 0 Å². The molecule has 2 aliphatic rings. The van der Waals surface area contributed by atoms with Crippen molar-refractivity contribution in [2.45, 2.75) is 79.1 Å². The molecule has 192 valence electrons. The number of aromatic amines is 1. The number of likely N-dealkylation sites (tertiary alicyclic amines) is 1. The highest BCUT2D eigenvalue weighted by molar-refractivity contribution is 6.04. The van der Waals surface area contributed by atoms with Crippen molar-refractivity contribution in [1.82, 2.24) is 9.88 Å². The zero-order valence-corrected chi connectivity index (χ0v) is 23.1. The van der Waals surface area contributed by atoms with E-state index >= 15 is 0 Å². The predicted octanol–water partition coefficient (Wildman–Crippen LogP) is 7.27. The minimum atomic E-state index is -0.0648. The van der Waals surface area contributed by atoms with Gasteiger partial charge in [-0.25, -0.2) is 4.99 Å². The van der Waals surface area contributed by atoms with E-state index in [1.54, 1.807) is 13.4 Å². The lowest BCUT2D eigenvalue weighted by Gasteiger charge is -2.34. The number of hydrogen-bond donors (Lipinski definition) is 1. The van der Waals surface area contributed by atoms with Gasteiger partial charge in [-0.1, -0.05) is 32.9 Å². The third kappa shape index (κ3) is 5.25. The maximum absolute atomic E-state index is 12.8. The second kappa shape index (κ2) is 10.6. The van der Waals surface area contributed by atoms with Crippen LogP contribution in [-0.4, -0.2) is 48.0 Å². The standard InChI is InChI=1S/C31H42N4O/c1-8-23(17-21(4)22(5)33-19-32-7)29-28(20(2)3)26-18-25(9-10-27(26)34-29)24-11-15-35(16-12-24)30(36)31(6)13-14-31/h8-10,17-20,24,34H,11-16H2,1-7H3/b21-17-,23-8+,32-19?,33-22?. The first-order chi connectivity index (χ1) is 17.2. The number of nitrogens with zero attached hydrogens (tertiary/aromatic N) is 3. The lowest BCUT2D eigenvalue weighted by molar-refractivity contribution is -0.137. The lowest BCUT2D eigenvalue weighted by Crippen LogP contribution is -2.41. The van der Waals surface area contributed by atoms with Gasteiger partial charge in [-0.3, -0.25) is 9.79 Å². The van der Waals surface area contributed by atoms with E-state index in [0.29, 0.717) is 17.7 Å². The number of aromatic nitrogens is 1. The molecule has 1 aromatic heterocycles. The van der Waals surface area contributed by atoms with Crippen LogP contribution in [0, 0.1) is 5.41 Å². The van der Waals surface area contributed by atoms with Crippen molar-refractivity contribution in [2.75, 3.05) is 20.1 Å². The number of allylic oxidation sites excluding steroid dienone is 4. The van der Waals surface area contributed by atoms with Crippen molar-refractivity contribution < 1.29 is 4.79 Å². The van der Waals surface area contributed by atoms with Crippen LogP contribution in [0.5, 0.6) is 0 Å². The van der Waals surface area contributed by atoms with Crippen LogP contribution in [0.2, 0.25) is 0 Å². The Morgan fingerprint density at radius 2 is 1.89 bits per heavy atom. The summed E-state index contributed by atoms with van der Waals surface area (Å²) in [4.78, 5) is 27.0. The van der Waals surface area contributed by atoms with E-state index < -0.39 is 0 Å². The third-order valence-electron chi connectivity index (χ3n) is 8.12. The highest BCUT2D eigenvalue weighted by Gasteiger charge is 2.47. The van der Waals surface area contributed by atoms with Gasteiger partial charge in [0.05, 0.1) is 0 Å². The van der Waals surface area contributed by atoms with Crippen LogP contribution in [-0.2, 0) is 4.79 Å². The van der Waals surface area contributed by atoms with E-state index in [4.69, 9.17) is 0 Å². The SMILES string of the molecule is C/C=C(\C=C(\C)C(C)=NC=NC)c1[nH]c2ccc(C3CCN(C(=O)C4(C)CC4)CC3)cc2c1C(C)C. The highest BCUT2D eigenvalue weighted by atomic mass is 16.2. The number of carbonyl (C=O) groups excluding carboxylic acids is 1. The molecule has 1 amide bonds. The van der Waals surface area contributed by atoms with E-state index in [1.807, 2.05) is 6.92 Å². The molecule has 0 radical (unpaired) electrons. The average molecular weight is 487 g/mol. The van der Waals surface area contributed by atoms with Crippen molar-refractivity contribution in [1.29, 1.82) is 0 Å². The molecule has 1 aliphatic heterocycles. The van der Waals surface area contributed by atoms with Crippen molar-refractivity contribution in [3.05, 3.63) is 52.7 Å². The van der Waals surface area contributed by atoms with Gasteiger partial charge in [0.2, 0.25) is 5.91 Å². The predicted molar refractivity (Wildman–Crippen MR) is 153 cm³/mol. The van der Waals surface area contributed by atoms with E-state index in [1.165, 1.54) is 33.3 Å². The minimum Gasteiger partial charge on any atom is -0.354 e. The Hall–Kier alpha value is -2.95. The summed E-state index contributed by atoms with van der Waals surface area (Å²) in [5.41, 5.74) is 8.33. The van der Waals surface area contributed by atoms with Gasteiger partial charge >= 0.3 is 0 Å². The lowest BCUT2D eigenvalue weighted by atomic mass is 9.87.